The standard InChI is InChI=1S/C17H29N5S.HI/c1-4-18-17(19-11-16-20-12(2)13(3)23-16)21-14-7-9-22(10-8-14)15-5-6-15;/h14-15H,4-11H2,1-3H3,(H2,18,19,21);1H. The molecule has 2 fully saturated rings. The first-order valence-corrected chi connectivity index (χ1v) is 9.69. The van der Waals surface area contributed by atoms with Crippen molar-refractivity contribution < 1.29 is 0 Å². The van der Waals surface area contributed by atoms with Gasteiger partial charge in [-0.2, -0.15) is 0 Å². The van der Waals surface area contributed by atoms with Crippen LogP contribution in [-0.4, -0.2) is 47.6 Å². The number of nitrogens with zero attached hydrogens (tertiary/aromatic N) is 3. The fourth-order valence-electron chi connectivity index (χ4n) is 3.12. The van der Waals surface area contributed by atoms with Crippen molar-refractivity contribution in [2.24, 2.45) is 4.99 Å². The molecule has 3 rings (SSSR count). The van der Waals surface area contributed by atoms with Gasteiger partial charge < -0.3 is 15.5 Å². The highest BCUT2D eigenvalue weighted by atomic mass is 127. The van der Waals surface area contributed by atoms with Crippen LogP contribution in [0.15, 0.2) is 4.99 Å². The fraction of sp³-hybridized carbons (Fsp3) is 0.765. The van der Waals surface area contributed by atoms with Gasteiger partial charge in [0.05, 0.1) is 12.2 Å². The molecule has 0 radical (unpaired) electrons. The predicted octanol–water partition coefficient (Wildman–Crippen LogP) is 3.06. The molecule has 0 unspecified atom stereocenters. The number of aryl methyl sites for hydroxylation is 2. The number of likely N-dealkylation sites (tertiary alicyclic amines) is 1. The lowest BCUT2D eigenvalue weighted by Gasteiger charge is -2.33. The molecule has 2 aliphatic rings. The molecule has 1 aromatic heterocycles. The second-order valence-electron chi connectivity index (χ2n) is 6.63. The fourth-order valence-corrected chi connectivity index (χ4v) is 3.97. The van der Waals surface area contributed by atoms with Gasteiger partial charge in [-0.15, -0.1) is 35.3 Å². The van der Waals surface area contributed by atoms with Gasteiger partial charge in [0.25, 0.3) is 0 Å². The van der Waals surface area contributed by atoms with Crippen molar-refractivity contribution in [3.05, 3.63) is 15.6 Å². The molecule has 1 saturated heterocycles. The second-order valence-corrected chi connectivity index (χ2v) is 7.92. The number of hydrogen-bond donors (Lipinski definition) is 2. The van der Waals surface area contributed by atoms with Crippen LogP contribution in [-0.2, 0) is 6.54 Å². The zero-order chi connectivity index (χ0) is 16.2. The Hall–Kier alpha value is -0.410. The van der Waals surface area contributed by atoms with E-state index in [1.54, 1.807) is 11.3 Å². The number of halogens is 1. The van der Waals surface area contributed by atoms with Crippen LogP contribution in [0.5, 0.6) is 0 Å². The third-order valence-corrected chi connectivity index (χ3v) is 5.78. The van der Waals surface area contributed by atoms with Crippen molar-refractivity contribution in [1.29, 1.82) is 0 Å². The average molecular weight is 463 g/mol. The van der Waals surface area contributed by atoms with Crippen molar-refractivity contribution in [2.45, 2.75) is 65.1 Å². The van der Waals surface area contributed by atoms with E-state index in [2.05, 4.69) is 41.3 Å². The largest absolute Gasteiger partial charge is 0.357 e. The molecule has 0 bridgehead atoms. The Morgan fingerprint density at radius 2 is 1.96 bits per heavy atom. The Morgan fingerprint density at radius 1 is 1.25 bits per heavy atom. The topological polar surface area (TPSA) is 52.6 Å². The Kier molecular flexibility index (Phi) is 7.74. The number of aromatic nitrogens is 1. The molecule has 24 heavy (non-hydrogen) atoms. The maximum Gasteiger partial charge on any atom is 0.191 e. The van der Waals surface area contributed by atoms with Crippen molar-refractivity contribution in [3.8, 4) is 0 Å². The minimum absolute atomic E-state index is 0. The van der Waals surface area contributed by atoms with Gasteiger partial charge >= 0.3 is 0 Å². The van der Waals surface area contributed by atoms with Crippen molar-refractivity contribution in [2.75, 3.05) is 19.6 Å². The molecule has 0 spiro atoms. The zero-order valence-electron chi connectivity index (χ0n) is 15.0. The Balaban J connectivity index is 0.00000208. The maximum atomic E-state index is 4.73. The number of rotatable bonds is 5. The molecule has 1 aromatic rings. The van der Waals surface area contributed by atoms with Crippen LogP contribution in [0.2, 0.25) is 0 Å². The second kappa shape index (κ2) is 9.33. The lowest BCUT2D eigenvalue weighted by Crippen LogP contribution is -2.49. The van der Waals surface area contributed by atoms with E-state index < -0.39 is 0 Å². The quantitative estimate of drug-likeness (QED) is 0.401. The van der Waals surface area contributed by atoms with E-state index in [-0.39, 0.29) is 24.0 Å². The average Bonchev–Trinajstić information content (AvgIpc) is 3.33. The smallest absolute Gasteiger partial charge is 0.191 e. The van der Waals surface area contributed by atoms with Crippen molar-refractivity contribution >= 4 is 41.3 Å². The molecule has 0 amide bonds. The van der Waals surface area contributed by atoms with E-state index >= 15 is 0 Å². The van der Waals surface area contributed by atoms with Crippen LogP contribution in [0.4, 0.5) is 0 Å². The van der Waals surface area contributed by atoms with Gasteiger partial charge in [0.15, 0.2) is 5.96 Å². The molecule has 136 valence electrons. The normalized spacial score (nSPS) is 19.9. The molecule has 1 aliphatic heterocycles. The summed E-state index contributed by atoms with van der Waals surface area (Å²) in [6.07, 6.45) is 5.26. The summed E-state index contributed by atoms with van der Waals surface area (Å²) in [6.45, 7) is 10.3. The third-order valence-electron chi connectivity index (χ3n) is 4.72. The van der Waals surface area contributed by atoms with Crippen LogP contribution in [0.1, 0.15) is 48.2 Å². The molecule has 1 aliphatic carbocycles. The van der Waals surface area contributed by atoms with Crippen LogP contribution in [0.3, 0.4) is 0 Å². The minimum Gasteiger partial charge on any atom is -0.357 e. The molecule has 7 heteroatoms. The lowest BCUT2D eigenvalue weighted by molar-refractivity contribution is 0.197. The summed E-state index contributed by atoms with van der Waals surface area (Å²) in [5.74, 6) is 0.933. The van der Waals surface area contributed by atoms with Crippen molar-refractivity contribution in [1.82, 2.24) is 20.5 Å². The number of thiazole rings is 1. The summed E-state index contributed by atoms with van der Waals surface area (Å²) >= 11 is 1.75. The van der Waals surface area contributed by atoms with E-state index in [4.69, 9.17) is 4.99 Å². The van der Waals surface area contributed by atoms with Crippen LogP contribution in [0, 0.1) is 13.8 Å². The van der Waals surface area contributed by atoms with Gasteiger partial charge in [-0.05, 0) is 46.5 Å². The van der Waals surface area contributed by atoms with Gasteiger partial charge in [0.2, 0.25) is 0 Å². The van der Waals surface area contributed by atoms with E-state index in [9.17, 15) is 0 Å². The molecule has 2 N–H and O–H groups in total. The van der Waals surface area contributed by atoms with E-state index in [1.807, 2.05) is 0 Å². The van der Waals surface area contributed by atoms with Crippen LogP contribution >= 0.6 is 35.3 Å². The molecular weight excluding hydrogens is 433 g/mol. The van der Waals surface area contributed by atoms with Gasteiger partial charge in [-0.3, -0.25) is 0 Å². The summed E-state index contributed by atoms with van der Waals surface area (Å²) in [4.78, 5) is 13.3. The first-order chi connectivity index (χ1) is 11.2. The molecular formula is C17H30IN5S. The van der Waals surface area contributed by atoms with E-state index in [0.29, 0.717) is 12.6 Å². The Labute approximate surface area is 166 Å². The predicted molar refractivity (Wildman–Crippen MR) is 113 cm³/mol. The summed E-state index contributed by atoms with van der Waals surface area (Å²) in [7, 11) is 0. The van der Waals surface area contributed by atoms with Gasteiger partial charge in [0, 0.05) is 36.6 Å². The molecule has 0 atom stereocenters. The third kappa shape index (κ3) is 5.56. The zero-order valence-corrected chi connectivity index (χ0v) is 18.1. The Bertz CT molecular complexity index is 528. The van der Waals surface area contributed by atoms with E-state index in [1.165, 1.54) is 43.6 Å². The van der Waals surface area contributed by atoms with Crippen LogP contribution < -0.4 is 10.6 Å². The number of aliphatic imine (C=N–C) groups is 1. The maximum absolute atomic E-state index is 4.73. The monoisotopic (exact) mass is 463 g/mol. The first-order valence-electron chi connectivity index (χ1n) is 8.87. The first kappa shape index (κ1) is 19.9. The number of guanidine groups is 1. The lowest BCUT2D eigenvalue weighted by atomic mass is 10.1. The number of nitrogens with one attached hydrogen (secondary N) is 2. The highest BCUT2D eigenvalue weighted by molar-refractivity contribution is 14.0. The number of hydrogen-bond acceptors (Lipinski definition) is 4. The van der Waals surface area contributed by atoms with Gasteiger partial charge in [-0.25, -0.2) is 9.98 Å². The number of piperidine rings is 1. The summed E-state index contributed by atoms with van der Waals surface area (Å²) in [6, 6.07) is 1.44. The minimum atomic E-state index is 0. The molecule has 5 nitrogen and oxygen atoms in total. The van der Waals surface area contributed by atoms with E-state index in [0.717, 1.165) is 29.2 Å². The summed E-state index contributed by atoms with van der Waals surface area (Å²) in [5, 5.41) is 8.09. The summed E-state index contributed by atoms with van der Waals surface area (Å²) in [5.41, 5.74) is 1.13. The SMILES string of the molecule is CCNC(=NCc1nc(C)c(C)s1)NC1CCN(C2CC2)CC1.I. The van der Waals surface area contributed by atoms with Crippen LogP contribution in [0.25, 0.3) is 0 Å². The summed E-state index contributed by atoms with van der Waals surface area (Å²) < 4.78 is 0. The molecule has 2 heterocycles. The highest BCUT2D eigenvalue weighted by Gasteiger charge is 2.31. The van der Waals surface area contributed by atoms with Gasteiger partial charge in [-0.1, -0.05) is 0 Å². The van der Waals surface area contributed by atoms with Gasteiger partial charge in [0.1, 0.15) is 5.01 Å². The van der Waals surface area contributed by atoms with Crippen molar-refractivity contribution in [3.63, 3.8) is 0 Å². The highest BCUT2D eigenvalue weighted by Crippen LogP contribution is 2.29. The Morgan fingerprint density at radius 3 is 2.50 bits per heavy atom. The molecule has 0 aromatic carbocycles. The molecule has 1 saturated carbocycles.